The zero-order valence-corrected chi connectivity index (χ0v) is 11.6. The minimum atomic E-state index is -0.131. The number of nitrogens with zero attached hydrogens (tertiary/aromatic N) is 1. The Morgan fingerprint density at radius 2 is 2.11 bits per heavy atom. The first-order valence-corrected chi connectivity index (χ1v) is 6.74. The third kappa shape index (κ3) is 3.45. The van der Waals surface area contributed by atoms with Gasteiger partial charge in [-0.25, -0.2) is 4.39 Å². The standard InChI is InChI=1S/C15H23FN2/c1-15(2,3)17-8-4-9-18-10-7-12-5-6-13(16)11-14(12)18/h5-6,11,17H,4,7-10H2,1-3H3. The maximum atomic E-state index is 13.2. The number of nitrogens with one attached hydrogen (secondary N) is 1. The van der Waals surface area contributed by atoms with Crippen LogP contribution in [0.25, 0.3) is 0 Å². The summed E-state index contributed by atoms with van der Waals surface area (Å²) < 4.78 is 13.2. The normalized spacial score (nSPS) is 15.0. The highest BCUT2D eigenvalue weighted by atomic mass is 19.1. The maximum Gasteiger partial charge on any atom is 0.125 e. The molecule has 100 valence electrons. The van der Waals surface area contributed by atoms with E-state index in [-0.39, 0.29) is 11.4 Å². The first-order chi connectivity index (χ1) is 8.46. The van der Waals surface area contributed by atoms with Gasteiger partial charge in [0.05, 0.1) is 0 Å². The van der Waals surface area contributed by atoms with E-state index in [4.69, 9.17) is 0 Å². The average molecular weight is 250 g/mol. The van der Waals surface area contributed by atoms with Crippen molar-refractivity contribution in [1.29, 1.82) is 0 Å². The molecule has 1 aromatic carbocycles. The Labute approximate surface area is 109 Å². The summed E-state index contributed by atoms with van der Waals surface area (Å²) in [6, 6.07) is 5.14. The molecule has 1 heterocycles. The molecule has 0 spiro atoms. The number of hydrogen-bond donors (Lipinski definition) is 1. The van der Waals surface area contributed by atoms with E-state index in [0.717, 1.165) is 38.2 Å². The van der Waals surface area contributed by atoms with E-state index in [1.165, 1.54) is 5.56 Å². The summed E-state index contributed by atoms with van der Waals surface area (Å²) in [7, 11) is 0. The van der Waals surface area contributed by atoms with Crippen LogP contribution in [0.3, 0.4) is 0 Å². The van der Waals surface area contributed by atoms with Gasteiger partial charge in [0.25, 0.3) is 0 Å². The maximum absolute atomic E-state index is 13.2. The minimum Gasteiger partial charge on any atom is -0.371 e. The predicted molar refractivity (Wildman–Crippen MR) is 74.7 cm³/mol. The van der Waals surface area contributed by atoms with Crippen molar-refractivity contribution in [2.45, 2.75) is 39.2 Å². The molecule has 0 fully saturated rings. The van der Waals surface area contributed by atoms with E-state index in [2.05, 4.69) is 31.0 Å². The second-order valence-electron chi connectivity index (χ2n) is 6.04. The van der Waals surface area contributed by atoms with Crippen molar-refractivity contribution < 1.29 is 4.39 Å². The van der Waals surface area contributed by atoms with Gasteiger partial charge in [0, 0.05) is 24.3 Å². The summed E-state index contributed by atoms with van der Waals surface area (Å²) in [5, 5.41) is 3.48. The van der Waals surface area contributed by atoms with Crippen molar-refractivity contribution in [3.8, 4) is 0 Å². The van der Waals surface area contributed by atoms with E-state index in [1.807, 2.05) is 6.07 Å². The Hall–Kier alpha value is -1.09. The highest BCUT2D eigenvalue weighted by Crippen LogP contribution is 2.28. The van der Waals surface area contributed by atoms with Crippen molar-refractivity contribution in [2.24, 2.45) is 0 Å². The van der Waals surface area contributed by atoms with Crippen LogP contribution in [0.15, 0.2) is 18.2 Å². The molecule has 0 amide bonds. The van der Waals surface area contributed by atoms with E-state index in [9.17, 15) is 4.39 Å². The van der Waals surface area contributed by atoms with Gasteiger partial charge in [-0.3, -0.25) is 0 Å². The van der Waals surface area contributed by atoms with E-state index in [1.54, 1.807) is 12.1 Å². The van der Waals surface area contributed by atoms with Crippen molar-refractivity contribution >= 4 is 5.69 Å². The van der Waals surface area contributed by atoms with Crippen LogP contribution >= 0.6 is 0 Å². The fourth-order valence-corrected chi connectivity index (χ4v) is 2.38. The first-order valence-electron chi connectivity index (χ1n) is 6.74. The number of benzene rings is 1. The second-order valence-corrected chi connectivity index (χ2v) is 6.04. The van der Waals surface area contributed by atoms with Gasteiger partial charge in [0.2, 0.25) is 0 Å². The van der Waals surface area contributed by atoms with Crippen LogP contribution in [-0.2, 0) is 6.42 Å². The van der Waals surface area contributed by atoms with E-state index in [0.29, 0.717) is 0 Å². The quantitative estimate of drug-likeness (QED) is 0.827. The number of halogens is 1. The van der Waals surface area contributed by atoms with Gasteiger partial charge in [-0.1, -0.05) is 6.07 Å². The lowest BCUT2D eigenvalue weighted by atomic mass is 10.1. The third-order valence-corrected chi connectivity index (χ3v) is 3.30. The van der Waals surface area contributed by atoms with Gasteiger partial charge in [-0.2, -0.15) is 0 Å². The fraction of sp³-hybridized carbons (Fsp3) is 0.600. The highest BCUT2D eigenvalue weighted by Gasteiger charge is 2.19. The summed E-state index contributed by atoms with van der Waals surface area (Å²) >= 11 is 0. The molecule has 1 aliphatic heterocycles. The summed E-state index contributed by atoms with van der Waals surface area (Å²) in [5.41, 5.74) is 2.54. The van der Waals surface area contributed by atoms with Gasteiger partial charge in [-0.15, -0.1) is 0 Å². The molecule has 0 aromatic heterocycles. The SMILES string of the molecule is CC(C)(C)NCCCN1CCc2ccc(F)cc21. The number of hydrogen-bond acceptors (Lipinski definition) is 2. The summed E-state index contributed by atoms with van der Waals surface area (Å²) in [6.07, 6.45) is 2.13. The molecule has 0 unspecified atom stereocenters. The lowest BCUT2D eigenvalue weighted by Gasteiger charge is -2.23. The van der Waals surface area contributed by atoms with Crippen molar-refractivity contribution in [3.05, 3.63) is 29.6 Å². The molecule has 18 heavy (non-hydrogen) atoms. The van der Waals surface area contributed by atoms with Gasteiger partial charge in [0.1, 0.15) is 5.82 Å². The molecule has 0 aliphatic carbocycles. The molecule has 2 nitrogen and oxygen atoms in total. The van der Waals surface area contributed by atoms with Crippen molar-refractivity contribution in [2.75, 3.05) is 24.5 Å². The summed E-state index contributed by atoms with van der Waals surface area (Å²) in [6.45, 7) is 9.55. The molecule has 3 heteroatoms. The van der Waals surface area contributed by atoms with Gasteiger partial charge >= 0.3 is 0 Å². The van der Waals surface area contributed by atoms with Crippen LogP contribution in [0.4, 0.5) is 10.1 Å². The Morgan fingerprint density at radius 3 is 2.83 bits per heavy atom. The number of rotatable bonds is 4. The highest BCUT2D eigenvalue weighted by molar-refractivity contribution is 5.58. The van der Waals surface area contributed by atoms with Gasteiger partial charge < -0.3 is 10.2 Å². The zero-order valence-electron chi connectivity index (χ0n) is 11.6. The van der Waals surface area contributed by atoms with Crippen LogP contribution in [0.5, 0.6) is 0 Å². The molecule has 1 aliphatic rings. The molecular formula is C15H23FN2. The Morgan fingerprint density at radius 1 is 1.33 bits per heavy atom. The molecule has 1 aromatic rings. The molecule has 0 atom stereocenters. The molecule has 2 rings (SSSR count). The number of fused-ring (bicyclic) bond motifs is 1. The summed E-state index contributed by atoms with van der Waals surface area (Å²) in [4.78, 5) is 2.29. The predicted octanol–water partition coefficient (Wildman–Crippen LogP) is 2.97. The van der Waals surface area contributed by atoms with Crippen LogP contribution in [0, 0.1) is 5.82 Å². The topological polar surface area (TPSA) is 15.3 Å². The van der Waals surface area contributed by atoms with Crippen molar-refractivity contribution in [1.82, 2.24) is 5.32 Å². The first kappa shape index (κ1) is 13.3. The molecule has 1 N–H and O–H groups in total. The molecular weight excluding hydrogens is 227 g/mol. The molecule has 0 saturated carbocycles. The lowest BCUT2D eigenvalue weighted by molar-refractivity contribution is 0.422. The Kier molecular flexibility index (Phi) is 3.91. The molecule has 0 radical (unpaired) electrons. The van der Waals surface area contributed by atoms with Crippen LogP contribution in [0.1, 0.15) is 32.8 Å². The van der Waals surface area contributed by atoms with Crippen LogP contribution in [-0.4, -0.2) is 25.2 Å². The van der Waals surface area contributed by atoms with Gasteiger partial charge in [-0.05, 0) is 57.9 Å². The monoisotopic (exact) mass is 250 g/mol. The van der Waals surface area contributed by atoms with E-state index < -0.39 is 0 Å². The Bertz CT molecular complexity index is 409. The largest absolute Gasteiger partial charge is 0.371 e. The smallest absolute Gasteiger partial charge is 0.125 e. The van der Waals surface area contributed by atoms with Crippen LogP contribution in [0.2, 0.25) is 0 Å². The number of anilines is 1. The average Bonchev–Trinajstić information content (AvgIpc) is 2.66. The molecule has 0 saturated heterocycles. The molecule has 0 bridgehead atoms. The Balaban J connectivity index is 1.85. The van der Waals surface area contributed by atoms with Gasteiger partial charge in [0.15, 0.2) is 0 Å². The zero-order chi connectivity index (χ0) is 13.2. The minimum absolute atomic E-state index is 0.131. The van der Waals surface area contributed by atoms with Crippen LogP contribution < -0.4 is 10.2 Å². The third-order valence-electron chi connectivity index (χ3n) is 3.30. The summed E-state index contributed by atoms with van der Waals surface area (Å²) in [5.74, 6) is -0.131. The lowest BCUT2D eigenvalue weighted by Crippen LogP contribution is -2.37. The second kappa shape index (κ2) is 5.27. The van der Waals surface area contributed by atoms with Crippen molar-refractivity contribution in [3.63, 3.8) is 0 Å². The fourth-order valence-electron chi connectivity index (χ4n) is 2.38. The van der Waals surface area contributed by atoms with E-state index >= 15 is 0 Å².